The highest BCUT2D eigenvalue weighted by Crippen LogP contribution is 2.46. The molecule has 0 unspecified atom stereocenters. The number of aryl methyl sites for hydroxylation is 1. The number of nitrogens with one attached hydrogen (secondary N) is 3. The number of thiophene rings is 1. The first-order chi connectivity index (χ1) is 17.8. The fourth-order valence-corrected chi connectivity index (χ4v) is 6.01. The van der Waals surface area contributed by atoms with Gasteiger partial charge in [0.25, 0.3) is 5.91 Å². The third kappa shape index (κ3) is 4.64. The number of carbonyl (C=O) groups excluding carboxylic acids is 3. The van der Waals surface area contributed by atoms with Crippen LogP contribution in [-0.2, 0) is 4.79 Å². The van der Waals surface area contributed by atoms with Crippen LogP contribution >= 0.6 is 11.3 Å². The van der Waals surface area contributed by atoms with E-state index >= 15 is 0 Å². The number of carbonyl (C=O) groups is 3. The van der Waals surface area contributed by atoms with Gasteiger partial charge >= 0.3 is 6.03 Å². The van der Waals surface area contributed by atoms with Gasteiger partial charge in [-0.2, -0.15) is 0 Å². The molecule has 0 saturated heterocycles. The molecule has 4 amide bonds. The number of rotatable bonds is 7. The summed E-state index contributed by atoms with van der Waals surface area (Å²) in [6.45, 7) is 9.36. The fraction of sp³-hybridized carbons (Fsp3) is 0.333. The molecule has 37 heavy (non-hydrogen) atoms. The van der Waals surface area contributed by atoms with Gasteiger partial charge in [0, 0.05) is 18.3 Å². The van der Waals surface area contributed by atoms with Crippen LogP contribution in [0.4, 0.5) is 21.9 Å². The predicted octanol–water partition coefficient (Wildman–Crippen LogP) is 5.03. The van der Waals surface area contributed by atoms with Gasteiger partial charge in [-0.25, -0.2) is 9.78 Å². The second kappa shape index (κ2) is 9.85. The zero-order valence-corrected chi connectivity index (χ0v) is 21.8. The van der Waals surface area contributed by atoms with Gasteiger partial charge in [-0.3, -0.25) is 14.5 Å². The summed E-state index contributed by atoms with van der Waals surface area (Å²) in [5.41, 5.74) is 2.72. The second-order valence-corrected chi connectivity index (χ2v) is 10.5. The summed E-state index contributed by atoms with van der Waals surface area (Å²) in [6, 6.07) is 6.68. The Bertz CT molecular complexity index is 1420. The lowest BCUT2D eigenvalue weighted by atomic mass is 10.1. The van der Waals surface area contributed by atoms with Gasteiger partial charge < -0.3 is 20.7 Å². The van der Waals surface area contributed by atoms with E-state index < -0.39 is 0 Å². The van der Waals surface area contributed by atoms with Gasteiger partial charge in [0.1, 0.15) is 15.5 Å². The number of ether oxygens (including phenoxy) is 1. The van der Waals surface area contributed by atoms with E-state index in [0.717, 1.165) is 41.6 Å². The van der Waals surface area contributed by atoms with Gasteiger partial charge in [-0.1, -0.05) is 6.58 Å². The molecule has 2 aromatic heterocycles. The smallest absolute Gasteiger partial charge is 0.331 e. The molecule has 9 nitrogen and oxygen atoms in total. The quantitative estimate of drug-likeness (QED) is 0.379. The SMILES string of the molecule is C=CC(=O)N[C@H]1CCC[C@H]1NC(=O)c1sc2nccc3c2c1NC(=O)N3c1ccc(OC(C)C)cc1C. The van der Waals surface area contributed by atoms with Crippen LogP contribution in [0.1, 0.15) is 48.3 Å². The molecule has 1 aromatic carbocycles. The second-order valence-electron chi connectivity index (χ2n) is 9.53. The molecule has 1 saturated carbocycles. The summed E-state index contributed by atoms with van der Waals surface area (Å²) in [7, 11) is 0. The number of benzene rings is 1. The van der Waals surface area contributed by atoms with Crippen molar-refractivity contribution in [2.24, 2.45) is 0 Å². The molecule has 10 heteroatoms. The molecule has 1 fully saturated rings. The van der Waals surface area contributed by atoms with Gasteiger partial charge in [0.15, 0.2) is 0 Å². The molecule has 3 heterocycles. The number of amides is 4. The highest BCUT2D eigenvalue weighted by Gasteiger charge is 2.35. The van der Waals surface area contributed by atoms with Gasteiger partial charge in [0.05, 0.1) is 28.6 Å². The molecule has 3 N–H and O–H groups in total. The van der Waals surface area contributed by atoms with Crippen LogP contribution in [-0.4, -0.2) is 41.0 Å². The number of hydrogen-bond acceptors (Lipinski definition) is 6. The summed E-state index contributed by atoms with van der Waals surface area (Å²) < 4.78 is 5.80. The summed E-state index contributed by atoms with van der Waals surface area (Å²) in [5, 5.41) is 9.61. The number of nitrogens with zero attached hydrogens (tertiary/aromatic N) is 2. The minimum atomic E-state index is -0.356. The van der Waals surface area contributed by atoms with Gasteiger partial charge in [-0.05, 0) is 75.9 Å². The summed E-state index contributed by atoms with van der Waals surface area (Å²) >= 11 is 1.24. The van der Waals surface area contributed by atoms with Crippen LogP contribution in [0, 0.1) is 6.92 Å². The molecule has 0 spiro atoms. The average molecular weight is 520 g/mol. The van der Waals surface area contributed by atoms with Crippen molar-refractivity contribution in [2.45, 2.75) is 58.2 Å². The summed E-state index contributed by atoms with van der Waals surface area (Å²) in [6.07, 6.45) is 5.35. The van der Waals surface area contributed by atoms with Crippen LogP contribution in [0.25, 0.3) is 10.2 Å². The van der Waals surface area contributed by atoms with Crippen molar-refractivity contribution in [3.63, 3.8) is 0 Å². The Morgan fingerprint density at radius 3 is 2.68 bits per heavy atom. The first-order valence-corrected chi connectivity index (χ1v) is 13.1. The molecule has 1 aliphatic carbocycles. The normalized spacial score (nSPS) is 18.6. The van der Waals surface area contributed by atoms with Crippen molar-refractivity contribution in [1.82, 2.24) is 15.6 Å². The molecule has 0 radical (unpaired) electrons. The Balaban J connectivity index is 1.47. The topological polar surface area (TPSA) is 113 Å². The first kappa shape index (κ1) is 24.8. The van der Waals surface area contributed by atoms with E-state index in [2.05, 4.69) is 27.5 Å². The standard InChI is InChI=1S/C27H29N5O4S/c1-5-21(33)29-17-7-6-8-18(17)30-25(34)24-23-22-20(11-12-28-26(22)37-24)32(27(35)31-23)19-10-9-16(13-15(19)4)36-14(2)3/h5,9-14,17-18H,1,6-8H2,2-4H3,(H,29,33)(H,30,34)(H,31,35)/t17-,18+/m0/s1. The molecule has 3 aromatic rings. The van der Waals surface area contributed by atoms with Gasteiger partial charge in [-0.15, -0.1) is 11.3 Å². The van der Waals surface area contributed by atoms with Crippen LogP contribution in [0.2, 0.25) is 0 Å². The van der Waals surface area contributed by atoms with Crippen LogP contribution in [0.5, 0.6) is 5.75 Å². The molecule has 2 aliphatic rings. The van der Waals surface area contributed by atoms with E-state index in [1.807, 2.05) is 39.0 Å². The van der Waals surface area contributed by atoms with Crippen molar-refractivity contribution >= 4 is 56.5 Å². The lowest BCUT2D eigenvalue weighted by molar-refractivity contribution is -0.117. The Kier molecular flexibility index (Phi) is 6.59. The molecule has 1 aliphatic heterocycles. The van der Waals surface area contributed by atoms with E-state index in [-0.39, 0.29) is 36.0 Å². The Morgan fingerprint density at radius 2 is 1.97 bits per heavy atom. The van der Waals surface area contributed by atoms with E-state index in [0.29, 0.717) is 21.1 Å². The van der Waals surface area contributed by atoms with Crippen LogP contribution in [0.15, 0.2) is 43.1 Å². The van der Waals surface area contributed by atoms with E-state index in [1.165, 1.54) is 17.4 Å². The molecule has 0 bridgehead atoms. The lowest BCUT2D eigenvalue weighted by Crippen LogP contribution is -2.48. The van der Waals surface area contributed by atoms with Crippen molar-refractivity contribution in [3.05, 3.63) is 53.6 Å². The zero-order chi connectivity index (χ0) is 26.3. The van der Waals surface area contributed by atoms with Gasteiger partial charge in [0.2, 0.25) is 5.91 Å². The number of urea groups is 1. The molecule has 5 rings (SSSR count). The fourth-order valence-electron chi connectivity index (χ4n) is 4.99. The molecular formula is C27H29N5O4S. The third-order valence-electron chi connectivity index (χ3n) is 6.58. The molecule has 2 atom stereocenters. The number of aromatic nitrogens is 1. The Morgan fingerprint density at radius 1 is 1.22 bits per heavy atom. The van der Waals surface area contributed by atoms with Crippen molar-refractivity contribution in [2.75, 3.05) is 10.2 Å². The maximum Gasteiger partial charge on any atom is 0.331 e. The highest BCUT2D eigenvalue weighted by atomic mass is 32.1. The summed E-state index contributed by atoms with van der Waals surface area (Å²) in [5.74, 6) is 0.176. The number of hydrogen-bond donors (Lipinski definition) is 3. The van der Waals surface area contributed by atoms with E-state index in [4.69, 9.17) is 4.74 Å². The maximum absolute atomic E-state index is 13.4. The zero-order valence-electron chi connectivity index (χ0n) is 21.0. The molecule has 192 valence electrons. The minimum absolute atomic E-state index is 0.0408. The average Bonchev–Trinajstić information content (AvgIpc) is 3.44. The lowest BCUT2D eigenvalue weighted by Gasteiger charge is -2.30. The van der Waals surface area contributed by atoms with E-state index in [1.54, 1.807) is 17.2 Å². The van der Waals surface area contributed by atoms with Crippen LogP contribution < -0.4 is 25.6 Å². The predicted molar refractivity (Wildman–Crippen MR) is 145 cm³/mol. The third-order valence-corrected chi connectivity index (χ3v) is 7.68. The maximum atomic E-state index is 13.4. The van der Waals surface area contributed by atoms with Crippen molar-refractivity contribution < 1.29 is 19.1 Å². The summed E-state index contributed by atoms with van der Waals surface area (Å²) in [4.78, 5) is 45.7. The van der Waals surface area contributed by atoms with Crippen molar-refractivity contribution in [1.29, 1.82) is 0 Å². The van der Waals surface area contributed by atoms with E-state index in [9.17, 15) is 14.4 Å². The first-order valence-electron chi connectivity index (χ1n) is 12.3. The van der Waals surface area contributed by atoms with Crippen molar-refractivity contribution in [3.8, 4) is 5.75 Å². The molecular weight excluding hydrogens is 490 g/mol. The van der Waals surface area contributed by atoms with Crippen LogP contribution in [0.3, 0.4) is 0 Å². The monoisotopic (exact) mass is 519 g/mol. The highest BCUT2D eigenvalue weighted by molar-refractivity contribution is 7.21. The Labute approximate surface area is 218 Å². The Hall–Kier alpha value is -3.92. The number of pyridine rings is 1. The minimum Gasteiger partial charge on any atom is -0.491 e. The largest absolute Gasteiger partial charge is 0.491 e. The number of anilines is 3.